The van der Waals surface area contributed by atoms with Crippen LogP contribution in [0.1, 0.15) is 278 Å². The van der Waals surface area contributed by atoms with Crippen molar-refractivity contribution in [2.45, 2.75) is 278 Å². The van der Waals surface area contributed by atoms with E-state index in [1.54, 1.807) is 0 Å². The van der Waals surface area contributed by atoms with Crippen LogP contribution in [-0.4, -0.2) is 49.4 Å². The Hall–Kier alpha value is -2.15. The number of aliphatic hydroxyl groups excluding tert-OH is 1. The van der Waals surface area contributed by atoms with E-state index in [9.17, 15) is 19.5 Å². The summed E-state index contributed by atoms with van der Waals surface area (Å²) in [6, 6.07) is 0. The lowest BCUT2D eigenvalue weighted by atomic mass is 9.92. The topological polar surface area (TPSA) is 99.1 Å². The number of hydrogen-bond donors (Lipinski definition) is 1. The highest BCUT2D eigenvalue weighted by Crippen LogP contribution is 2.22. The van der Waals surface area contributed by atoms with Crippen molar-refractivity contribution in [1.29, 1.82) is 0 Å². The lowest BCUT2D eigenvalue weighted by Gasteiger charge is -2.30. The molecule has 0 heterocycles. The van der Waals surface area contributed by atoms with E-state index in [2.05, 4.69) is 45.1 Å². The molecule has 62 heavy (non-hydrogen) atoms. The monoisotopic (exact) mass is 875 g/mol. The first-order valence-corrected chi connectivity index (χ1v) is 26.8. The smallest absolute Gasteiger partial charge is 0.305 e. The van der Waals surface area contributed by atoms with Gasteiger partial charge in [0.25, 0.3) is 0 Å². The highest BCUT2D eigenvalue weighted by Gasteiger charge is 2.35. The molecule has 0 unspecified atom stereocenters. The third kappa shape index (κ3) is 43.1. The molecule has 0 atom stereocenters. The van der Waals surface area contributed by atoms with Gasteiger partial charge in [0.2, 0.25) is 0 Å². The van der Waals surface area contributed by atoms with Crippen LogP contribution in [0.2, 0.25) is 0 Å². The molecule has 0 aromatic heterocycles. The number of rotatable bonds is 49. The molecule has 0 saturated heterocycles. The maximum Gasteiger partial charge on any atom is 0.305 e. The lowest BCUT2D eigenvalue weighted by Crippen LogP contribution is -2.42. The fourth-order valence-electron chi connectivity index (χ4n) is 7.79. The molecule has 0 aromatic rings. The second kappa shape index (κ2) is 48.3. The Morgan fingerprint density at radius 2 is 0.548 bits per heavy atom. The van der Waals surface area contributed by atoms with E-state index in [0.29, 0.717) is 19.3 Å². The van der Waals surface area contributed by atoms with Gasteiger partial charge in [-0.05, 0) is 70.6 Å². The summed E-state index contributed by atoms with van der Waals surface area (Å²) in [5.74, 6) is -1.02. The van der Waals surface area contributed by atoms with Gasteiger partial charge < -0.3 is 19.3 Å². The number of esters is 3. The summed E-state index contributed by atoms with van der Waals surface area (Å²) in [7, 11) is 0. The van der Waals surface area contributed by atoms with Crippen LogP contribution in [0.15, 0.2) is 24.3 Å². The second-order valence-electron chi connectivity index (χ2n) is 18.6. The molecule has 7 heteroatoms. The summed E-state index contributed by atoms with van der Waals surface area (Å²) < 4.78 is 17.0. The zero-order valence-electron chi connectivity index (χ0n) is 41.3. The Labute approximate surface area is 384 Å². The molecule has 0 aliphatic rings. The summed E-state index contributed by atoms with van der Waals surface area (Å²) in [4.78, 5) is 38.3. The van der Waals surface area contributed by atoms with Crippen LogP contribution in [0, 0.1) is 5.41 Å². The SMILES string of the molecule is CCCCCCC=CCCCCCCCC(=O)OCC(CO)(COC(=O)CCCCCCCC=CCCCCCC)COC(=O)CCCCCCCCCCCCCCCCC. The van der Waals surface area contributed by atoms with E-state index in [1.807, 2.05) is 0 Å². The van der Waals surface area contributed by atoms with Gasteiger partial charge in [-0.3, -0.25) is 14.4 Å². The molecule has 7 nitrogen and oxygen atoms in total. The van der Waals surface area contributed by atoms with Gasteiger partial charge >= 0.3 is 17.9 Å². The van der Waals surface area contributed by atoms with E-state index < -0.39 is 12.0 Å². The highest BCUT2D eigenvalue weighted by atomic mass is 16.6. The Morgan fingerprint density at radius 1 is 0.339 bits per heavy atom. The minimum atomic E-state index is -1.19. The maximum atomic E-state index is 12.8. The number of carbonyl (C=O) groups excluding carboxylic acids is 3. The Balaban J connectivity index is 4.60. The van der Waals surface area contributed by atoms with Crippen LogP contribution in [0.4, 0.5) is 0 Å². The van der Waals surface area contributed by atoms with Gasteiger partial charge in [-0.1, -0.05) is 212 Å². The van der Waals surface area contributed by atoms with Gasteiger partial charge in [-0.15, -0.1) is 0 Å². The number of aliphatic hydroxyl groups is 1. The highest BCUT2D eigenvalue weighted by molar-refractivity contribution is 5.70. The zero-order chi connectivity index (χ0) is 45.3. The van der Waals surface area contributed by atoms with Gasteiger partial charge in [0.1, 0.15) is 19.8 Å². The molecule has 0 aliphatic carbocycles. The molecule has 0 fully saturated rings. The standard InChI is InChI=1S/C55H102O7/c1-4-7-10-13-16-19-22-25-26-29-32-35-38-41-44-47-54(59)62-51-55(48-56,49-60-52(57)45-42-39-36-33-30-27-23-20-17-14-11-8-5-2)50-61-53(58)46-43-40-37-34-31-28-24-21-18-15-12-9-6-3/h20-21,23-24,56H,4-19,22,25-51H2,1-3H3. The number of hydrogen-bond acceptors (Lipinski definition) is 7. The summed E-state index contributed by atoms with van der Waals surface area (Å²) >= 11 is 0. The molecule has 0 amide bonds. The first-order valence-electron chi connectivity index (χ1n) is 26.8. The Bertz CT molecular complexity index is 985. The van der Waals surface area contributed by atoms with Gasteiger partial charge in [0.15, 0.2) is 0 Å². The summed E-state index contributed by atoms with van der Waals surface area (Å²) in [5, 5.41) is 10.5. The summed E-state index contributed by atoms with van der Waals surface area (Å²) in [6.07, 6.45) is 54.3. The van der Waals surface area contributed by atoms with Crippen LogP contribution in [0.5, 0.6) is 0 Å². The van der Waals surface area contributed by atoms with Crippen molar-refractivity contribution in [1.82, 2.24) is 0 Å². The van der Waals surface area contributed by atoms with Gasteiger partial charge in [-0.25, -0.2) is 0 Å². The number of ether oxygens (including phenoxy) is 3. The van der Waals surface area contributed by atoms with E-state index >= 15 is 0 Å². The molecule has 0 saturated carbocycles. The molecule has 0 spiro atoms. The lowest BCUT2D eigenvalue weighted by molar-refractivity contribution is -0.165. The zero-order valence-corrected chi connectivity index (χ0v) is 41.3. The minimum Gasteiger partial charge on any atom is -0.465 e. The Kier molecular flexibility index (Phi) is 46.6. The predicted octanol–water partition coefficient (Wildman–Crippen LogP) is 16.4. The van der Waals surface area contributed by atoms with Crippen molar-refractivity contribution >= 4 is 17.9 Å². The van der Waals surface area contributed by atoms with Crippen molar-refractivity contribution in [3.05, 3.63) is 24.3 Å². The first kappa shape index (κ1) is 59.9. The van der Waals surface area contributed by atoms with Crippen LogP contribution in [-0.2, 0) is 28.6 Å². The quantitative estimate of drug-likeness (QED) is 0.0281. The van der Waals surface area contributed by atoms with Crippen LogP contribution >= 0.6 is 0 Å². The summed E-state index contributed by atoms with van der Waals surface area (Å²) in [5.41, 5.74) is -1.19. The largest absolute Gasteiger partial charge is 0.465 e. The average molecular weight is 875 g/mol. The second-order valence-corrected chi connectivity index (χ2v) is 18.6. The van der Waals surface area contributed by atoms with Crippen molar-refractivity contribution in [2.24, 2.45) is 5.41 Å². The van der Waals surface area contributed by atoms with Crippen LogP contribution < -0.4 is 0 Å². The van der Waals surface area contributed by atoms with Gasteiger partial charge in [0.05, 0.1) is 12.0 Å². The third-order valence-corrected chi connectivity index (χ3v) is 12.2. The maximum absolute atomic E-state index is 12.8. The fourth-order valence-corrected chi connectivity index (χ4v) is 7.79. The van der Waals surface area contributed by atoms with Crippen LogP contribution in [0.25, 0.3) is 0 Å². The van der Waals surface area contributed by atoms with Crippen molar-refractivity contribution < 1.29 is 33.7 Å². The normalized spacial score (nSPS) is 12.6. The van der Waals surface area contributed by atoms with Gasteiger partial charge in [0, 0.05) is 19.3 Å². The molecule has 364 valence electrons. The molecule has 0 rings (SSSR count). The Morgan fingerprint density at radius 3 is 0.790 bits per heavy atom. The number of unbranched alkanes of at least 4 members (excludes halogenated alkanes) is 32. The van der Waals surface area contributed by atoms with Crippen molar-refractivity contribution in [2.75, 3.05) is 26.4 Å². The van der Waals surface area contributed by atoms with Crippen molar-refractivity contribution in [3.8, 4) is 0 Å². The minimum absolute atomic E-state index is 0.165. The van der Waals surface area contributed by atoms with Crippen LogP contribution in [0.3, 0.4) is 0 Å². The van der Waals surface area contributed by atoms with Crippen molar-refractivity contribution in [3.63, 3.8) is 0 Å². The predicted molar refractivity (Wildman–Crippen MR) is 262 cm³/mol. The van der Waals surface area contributed by atoms with E-state index in [4.69, 9.17) is 14.2 Å². The fraction of sp³-hybridized carbons (Fsp3) is 0.873. The molecule has 0 radical (unpaired) electrons. The molecular formula is C55H102O7. The van der Waals surface area contributed by atoms with E-state index in [1.165, 1.54) is 154 Å². The molecule has 0 aromatic carbocycles. The van der Waals surface area contributed by atoms with E-state index in [0.717, 1.165) is 83.5 Å². The third-order valence-electron chi connectivity index (χ3n) is 12.2. The average Bonchev–Trinajstić information content (AvgIpc) is 3.28. The molecular weight excluding hydrogens is 773 g/mol. The first-order chi connectivity index (χ1) is 30.4. The van der Waals surface area contributed by atoms with E-state index in [-0.39, 0.29) is 37.7 Å². The molecule has 0 bridgehead atoms. The van der Waals surface area contributed by atoms with Gasteiger partial charge in [-0.2, -0.15) is 0 Å². The number of carbonyl (C=O) groups is 3. The summed E-state index contributed by atoms with van der Waals surface area (Å²) in [6.45, 7) is 5.82. The number of allylic oxidation sites excluding steroid dienone is 4. The molecule has 1 N–H and O–H groups in total. The molecule has 0 aliphatic heterocycles.